The van der Waals surface area contributed by atoms with Gasteiger partial charge in [0, 0.05) is 8.80 Å². The highest BCUT2D eigenvalue weighted by Crippen LogP contribution is 2.00. The van der Waals surface area contributed by atoms with Crippen molar-refractivity contribution in [3.63, 3.8) is 0 Å². The van der Waals surface area contributed by atoms with Gasteiger partial charge >= 0.3 is 20.4 Å². The van der Waals surface area contributed by atoms with Crippen LogP contribution in [0.1, 0.15) is 5.56 Å². The average Bonchev–Trinajstić information content (AvgIpc) is 2.05. The van der Waals surface area contributed by atoms with E-state index in [-0.39, 0.29) is 41.6 Å². The van der Waals surface area contributed by atoms with Crippen molar-refractivity contribution in [2.75, 3.05) is 0 Å². The van der Waals surface area contributed by atoms with Gasteiger partial charge in [-0.1, -0.05) is 49.0 Å². The van der Waals surface area contributed by atoms with Crippen LogP contribution in [0.3, 0.4) is 0 Å². The minimum absolute atomic E-state index is 0. The fourth-order valence-corrected chi connectivity index (χ4v) is 6.18. The van der Waals surface area contributed by atoms with Gasteiger partial charge in [-0.2, -0.15) is 4.17 Å². The van der Waals surface area contributed by atoms with Gasteiger partial charge in [-0.25, -0.2) is 0 Å². The third kappa shape index (κ3) is 6.55. The van der Waals surface area contributed by atoms with E-state index >= 15 is 0 Å². The molecule has 0 fully saturated rings. The first-order chi connectivity index (χ1) is 5.79. The lowest BCUT2D eigenvalue weighted by molar-refractivity contribution is 1.37. The lowest BCUT2D eigenvalue weighted by Gasteiger charge is -2.00. The summed E-state index contributed by atoms with van der Waals surface area (Å²) in [6, 6.07) is 10.9. The number of halogens is 1. The van der Waals surface area contributed by atoms with Gasteiger partial charge in [-0.05, 0) is 0 Å². The third-order valence-electron chi connectivity index (χ3n) is 2.09. The van der Waals surface area contributed by atoms with Crippen molar-refractivity contribution in [3.05, 3.63) is 35.9 Å². The lowest BCUT2D eigenvalue weighted by atomic mass is 10.2. The molecule has 0 spiro atoms. The monoisotopic (exact) mass is 224 g/mol. The van der Waals surface area contributed by atoms with Crippen molar-refractivity contribution in [3.8, 4) is 0 Å². The Bertz CT molecular complexity index is 213. The second-order valence-corrected chi connectivity index (χ2v) is 10.1. The molecule has 13 heavy (non-hydrogen) atoms. The lowest BCUT2D eigenvalue weighted by Crippen LogP contribution is -2.07. The third-order valence-corrected chi connectivity index (χ3v) is 9.27. The molecule has 0 heterocycles. The Morgan fingerprint density at radius 3 is 2.31 bits per heavy atom. The van der Waals surface area contributed by atoms with E-state index in [0.29, 0.717) is 0 Å². The minimum Gasteiger partial charge on any atom is -0.152 e. The van der Waals surface area contributed by atoms with Crippen LogP contribution in [0.4, 0.5) is 0 Å². The minimum atomic E-state index is -0.250. The van der Waals surface area contributed by atoms with Crippen LogP contribution >= 0.6 is 12.4 Å². The van der Waals surface area contributed by atoms with Gasteiger partial charge in [0.05, 0.1) is 0 Å². The molecule has 0 aliphatic heterocycles. The van der Waals surface area contributed by atoms with Crippen molar-refractivity contribution < 1.29 is 0 Å². The number of hydrogen-bond acceptors (Lipinski definition) is 0. The fourth-order valence-electron chi connectivity index (χ4n) is 1.36. The van der Waals surface area contributed by atoms with Gasteiger partial charge in [0.1, 0.15) is 0 Å². The van der Waals surface area contributed by atoms with Crippen LogP contribution < -0.4 is 0 Å². The highest BCUT2D eigenvalue weighted by Gasteiger charge is 2.00. The molecule has 0 unspecified atom stereocenters. The van der Waals surface area contributed by atoms with Gasteiger partial charge in [0.15, 0.2) is 0 Å². The van der Waals surface area contributed by atoms with E-state index in [1.807, 2.05) is 0 Å². The molecule has 0 aromatic heterocycles. The Hall–Kier alpha value is 0.493. The predicted octanol–water partition coefficient (Wildman–Crippen LogP) is 2.76. The van der Waals surface area contributed by atoms with Crippen molar-refractivity contribution in [2.24, 2.45) is 0 Å². The van der Waals surface area contributed by atoms with Crippen LogP contribution in [0, 0.1) is 0 Å². The standard InChI is InChI=1S/C7H7.C3H9Si.ClH.Mg/c1-7-5-3-2-4-6-7;1-4(2)3;;/h2-6H,1H2;4H,1H2,2-3H3;1H;. The Morgan fingerprint density at radius 1 is 1.15 bits per heavy atom. The van der Waals surface area contributed by atoms with Crippen molar-refractivity contribution in [2.45, 2.75) is 21.8 Å². The first-order valence-electron chi connectivity index (χ1n) is 4.83. The maximum Gasteiger partial charge on any atom is 0.367 e. The fraction of sp³-hybridized carbons (Fsp3) is 0.400. The molecule has 0 saturated heterocycles. The molecule has 0 amide bonds. The Labute approximate surface area is 98.9 Å². The quantitative estimate of drug-likeness (QED) is 0.691. The zero-order chi connectivity index (χ0) is 8.81. The van der Waals surface area contributed by atoms with Crippen molar-refractivity contribution in [1.29, 1.82) is 0 Å². The summed E-state index contributed by atoms with van der Waals surface area (Å²) in [5.41, 5.74) is 1.55. The summed E-state index contributed by atoms with van der Waals surface area (Å²) in [6.45, 7) is 4.91. The maximum absolute atomic E-state index is 2.46. The van der Waals surface area contributed by atoms with Crippen LogP contribution in [-0.2, 0) is 4.55 Å². The zero-order valence-corrected chi connectivity index (χ0v) is 11.9. The van der Waals surface area contributed by atoms with Crippen LogP contribution in [0.25, 0.3) is 0 Å². The van der Waals surface area contributed by atoms with E-state index in [9.17, 15) is 0 Å². The normalized spacial score (nSPS) is 9.15. The van der Waals surface area contributed by atoms with Gasteiger partial charge in [-0.15, -0.1) is 17.0 Å². The number of benzene rings is 1. The highest BCUT2D eigenvalue weighted by atomic mass is 35.5. The second-order valence-electron chi connectivity index (χ2n) is 3.77. The van der Waals surface area contributed by atoms with Gasteiger partial charge in [-0.3, -0.25) is 0 Å². The largest absolute Gasteiger partial charge is 0.367 e. The SMILES string of the molecule is C[SiH](C)[CH2][Mg][CH2]c1ccccc1.Cl. The first kappa shape index (κ1) is 13.5. The molecule has 0 bridgehead atoms. The zero-order valence-electron chi connectivity index (χ0n) is 8.49. The van der Waals surface area contributed by atoms with Crippen LogP contribution in [0.5, 0.6) is 0 Å². The topological polar surface area (TPSA) is 0 Å². The molecule has 1 aromatic rings. The molecule has 0 aliphatic carbocycles. The van der Waals surface area contributed by atoms with Gasteiger partial charge in [0.25, 0.3) is 0 Å². The van der Waals surface area contributed by atoms with Crippen LogP contribution in [0.15, 0.2) is 30.3 Å². The maximum atomic E-state index is 2.46. The first-order valence-corrected chi connectivity index (χ1v) is 9.95. The van der Waals surface area contributed by atoms with Gasteiger partial charge in [0.2, 0.25) is 0 Å². The van der Waals surface area contributed by atoms with E-state index < -0.39 is 0 Å². The molecule has 70 valence electrons. The average molecular weight is 225 g/mol. The van der Waals surface area contributed by atoms with E-state index in [0.717, 1.165) is 0 Å². The molecule has 1 rings (SSSR count). The molecule has 1 aromatic carbocycles. The predicted molar refractivity (Wildman–Crippen MR) is 66.8 cm³/mol. The molecule has 0 nitrogen and oxygen atoms in total. The summed E-state index contributed by atoms with van der Waals surface area (Å²) in [6.07, 6.45) is 0. The van der Waals surface area contributed by atoms with Gasteiger partial charge < -0.3 is 0 Å². The summed E-state index contributed by atoms with van der Waals surface area (Å²) in [5, 5.41) is 0. The summed E-state index contributed by atoms with van der Waals surface area (Å²) >= 11 is 0.227. The molecule has 3 heteroatoms. The van der Waals surface area contributed by atoms with Crippen LogP contribution in [-0.4, -0.2) is 29.2 Å². The summed E-state index contributed by atoms with van der Waals surface area (Å²) in [5.74, 6) is 0. The van der Waals surface area contributed by atoms with E-state index in [1.165, 1.54) is 4.55 Å². The molecule has 0 N–H and O–H groups in total. The van der Waals surface area contributed by atoms with Crippen molar-refractivity contribution >= 4 is 41.6 Å². The summed E-state index contributed by atoms with van der Waals surface area (Å²) in [7, 11) is -0.250. The van der Waals surface area contributed by atoms with E-state index in [4.69, 9.17) is 0 Å². The smallest absolute Gasteiger partial charge is 0.152 e. The highest BCUT2D eigenvalue weighted by molar-refractivity contribution is 6.67. The molecule has 0 aliphatic rings. The number of hydrogen-bond donors (Lipinski definition) is 0. The Kier molecular flexibility index (Phi) is 8.15. The molecule has 0 atom stereocenters. The van der Waals surface area contributed by atoms with Crippen LogP contribution in [0.2, 0.25) is 17.3 Å². The second kappa shape index (κ2) is 7.86. The molecular weight excluding hydrogens is 208 g/mol. The molecular formula is C10H17ClMgSi. The Balaban J connectivity index is 0.00000144. The van der Waals surface area contributed by atoms with E-state index in [2.05, 4.69) is 43.4 Å². The van der Waals surface area contributed by atoms with E-state index in [1.54, 1.807) is 9.74 Å². The molecule has 0 saturated carbocycles. The molecule has 0 radical (unpaired) electrons. The summed E-state index contributed by atoms with van der Waals surface area (Å²) in [4.78, 5) is 0. The summed E-state index contributed by atoms with van der Waals surface area (Å²) < 4.78 is 3.03. The number of rotatable bonds is 4. The van der Waals surface area contributed by atoms with Crippen molar-refractivity contribution in [1.82, 2.24) is 0 Å². The Morgan fingerprint density at radius 2 is 1.77 bits per heavy atom.